The maximum absolute atomic E-state index is 11.5. The van der Waals surface area contributed by atoms with Gasteiger partial charge in [0.25, 0.3) is 5.90 Å². The molecule has 0 spiro atoms. The second-order valence-electron chi connectivity index (χ2n) is 4.56. The fourth-order valence-electron chi connectivity index (χ4n) is 1.82. The Morgan fingerprint density at radius 3 is 2.55 bits per heavy atom. The van der Waals surface area contributed by atoms with E-state index >= 15 is 0 Å². The van der Waals surface area contributed by atoms with Crippen molar-refractivity contribution in [1.29, 1.82) is 0 Å². The first kappa shape index (κ1) is 16.2. The van der Waals surface area contributed by atoms with E-state index in [0.717, 1.165) is 0 Å². The summed E-state index contributed by atoms with van der Waals surface area (Å²) in [5.41, 5.74) is 0.474. The predicted molar refractivity (Wildman–Crippen MR) is 74.0 cm³/mol. The largest absolute Gasteiger partial charge is 0.468 e. The molecule has 1 saturated heterocycles. The Kier molecular flexibility index (Phi) is 5.28. The van der Waals surface area contributed by atoms with Crippen molar-refractivity contribution in [1.82, 2.24) is 0 Å². The SMILES string of the molecule is O=C(Nc1ccccc1)O/N=C1\OC(CO)C(O)C(O)C1O. The van der Waals surface area contributed by atoms with E-state index in [-0.39, 0.29) is 0 Å². The molecule has 0 radical (unpaired) electrons. The molecule has 5 N–H and O–H groups in total. The highest BCUT2D eigenvalue weighted by atomic mass is 16.7. The molecule has 0 aliphatic carbocycles. The lowest BCUT2D eigenvalue weighted by Crippen LogP contribution is -2.56. The second kappa shape index (κ2) is 7.18. The zero-order valence-electron chi connectivity index (χ0n) is 11.4. The lowest BCUT2D eigenvalue weighted by molar-refractivity contribution is -0.130. The summed E-state index contributed by atoms with van der Waals surface area (Å²) in [7, 11) is 0. The number of aliphatic hydroxyl groups is 4. The van der Waals surface area contributed by atoms with Crippen LogP contribution >= 0.6 is 0 Å². The van der Waals surface area contributed by atoms with Gasteiger partial charge < -0.3 is 25.2 Å². The molecule has 9 nitrogen and oxygen atoms in total. The number of nitrogens with one attached hydrogen (secondary N) is 1. The minimum atomic E-state index is -1.68. The van der Waals surface area contributed by atoms with E-state index in [1.54, 1.807) is 30.3 Å². The summed E-state index contributed by atoms with van der Waals surface area (Å²) >= 11 is 0. The first-order valence-corrected chi connectivity index (χ1v) is 6.45. The van der Waals surface area contributed by atoms with Gasteiger partial charge in [0.2, 0.25) is 0 Å². The zero-order chi connectivity index (χ0) is 16.1. The van der Waals surface area contributed by atoms with Gasteiger partial charge in [0.15, 0.2) is 12.2 Å². The topological polar surface area (TPSA) is 141 Å². The molecule has 0 aromatic heterocycles. The Labute approximate surface area is 125 Å². The average molecular weight is 312 g/mol. The van der Waals surface area contributed by atoms with Crippen LogP contribution in [0.4, 0.5) is 10.5 Å². The first-order chi connectivity index (χ1) is 10.5. The van der Waals surface area contributed by atoms with Crippen LogP contribution < -0.4 is 5.32 Å². The summed E-state index contributed by atoms with van der Waals surface area (Å²) in [6.45, 7) is -0.611. The number of rotatable bonds is 3. The zero-order valence-corrected chi connectivity index (χ0v) is 11.4. The van der Waals surface area contributed by atoms with Crippen LogP contribution in [0.5, 0.6) is 0 Å². The molecular formula is C13H16N2O7. The van der Waals surface area contributed by atoms with E-state index in [1.165, 1.54) is 0 Å². The molecule has 1 aliphatic rings. The molecule has 2 rings (SSSR count). The monoisotopic (exact) mass is 312 g/mol. The van der Waals surface area contributed by atoms with E-state index < -0.39 is 43.0 Å². The molecule has 1 aromatic carbocycles. The minimum Gasteiger partial charge on any atom is -0.468 e. The highest BCUT2D eigenvalue weighted by Gasteiger charge is 2.42. The number of carbonyl (C=O) groups excluding carboxylic acids is 1. The summed E-state index contributed by atoms with van der Waals surface area (Å²) in [6.07, 6.45) is -6.90. The molecular weight excluding hydrogens is 296 g/mol. The van der Waals surface area contributed by atoms with Crippen LogP contribution in [0.25, 0.3) is 0 Å². The number of hydrogen-bond donors (Lipinski definition) is 5. The summed E-state index contributed by atoms with van der Waals surface area (Å²) in [5.74, 6) is -0.514. The van der Waals surface area contributed by atoms with E-state index in [4.69, 9.17) is 9.84 Å². The summed E-state index contributed by atoms with van der Waals surface area (Å²) in [5, 5.41) is 43.5. The second-order valence-corrected chi connectivity index (χ2v) is 4.56. The van der Waals surface area contributed by atoms with Gasteiger partial charge in [-0.05, 0) is 17.3 Å². The number of oxime groups is 1. The molecule has 1 heterocycles. The van der Waals surface area contributed by atoms with Crippen molar-refractivity contribution in [3.8, 4) is 0 Å². The fourth-order valence-corrected chi connectivity index (χ4v) is 1.82. The van der Waals surface area contributed by atoms with Crippen molar-refractivity contribution in [2.45, 2.75) is 24.4 Å². The van der Waals surface area contributed by atoms with Crippen molar-refractivity contribution in [3.63, 3.8) is 0 Å². The summed E-state index contributed by atoms with van der Waals surface area (Å²) in [4.78, 5) is 16.0. The molecule has 120 valence electrons. The summed E-state index contributed by atoms with van der Waals surface area (Å²) in [6, 6.07) is 8.44. The molecule has 1 amide bonds. The van der Waals surface area contributed by atoms with Crippen LogP contribution in [0.2, 0.25) is 0 Å². The normalized spacial score (nSPS) is 29.7. The van der Waals surface area contributed by atoms with Crippen molar-refractivity contribution in [3.05, 3.63) is 30.3 Å². The molecule has 0 bridgehead atoms. The summed E-state index contributed by atoms with van der Waals surface area (Å²) < 4.78 is 4.97. The molecule has 4 unspecified atom stereocenters. The third-order valence-corrected chi connectivity index (χ3v) is 3.00. The molecule has 1 aromatic rings. The van der Waals surface area contributed by atoms with Gasteiger partial charge in [0.05, 0.1) is 6.61 Å². The van der Waals surface area contributed by atoms with Gasteiger partial charge in [0.1, 0.15) is 12.2 Å². The van der Waals surface area contributed by atoms with E-state index in [1.807, 2.05) is 0 Å². The highest BCUT2D eigenvalue weighted by molar-refractivity contribution is 5.86. The number of benzene rings is 1. The predicted octanol–water partition coefficient (Wildman–Crippen LogP) is -0.978. The first-order valence-electron chi connectivity index (χ1n) is 6.45. The third kappa shape index (κ3) is 3.71. The van der Waals surface area contributed by atoms with Crippen LogP contribution in [0.3, 0.4) is 0 Å². The smallest absolute Gasteiger partial charge is 0.437 e. The van der Waals surface area contributed by atoms with Crippen LogP contribution in [-0.4, -0.2) is 63.4 Å². The van der Waals surface area contributed by atoms with Gasteiger partial charge in [-0.1, -0.05) is 18.2 Å². The maximum atomic E-state index is 11.5. The number of anilines is 1. The molecule has 1 fully saturated rings. The standard InChI is InChI=1S/C13H16N2O7/c16-6-8-9(17)10(18)11(19)12(21-8)15-22-13(20)14-7-4-2-1-3-5-7/h1-5,8-11,16-19H,6H2,(H,14,20)/b15-12-. The lowest BCUT2D eigenvalue weighted by Gasteiger charge is -2.34. The average Bonchev–Trinajstić information content (AvgIpc) is 2.53. The van der Waals surface area contributed by atoms with Gasteiger partial charge in [0, 0.05) is 5.69 Å². The van der Waals surface area contributed by atoms with Crippen molar-refractivity contribution < 1.29 is 34.8 Å². The Morgan fingerprint density at radius 2 is 1.91 bits per heavy atom. The van der Waals surface area contributed by atoms with E-state index in [0.29, 0.717) is 5.69 Å². The molecule has 22 heavy (non-hydrogen) atoms. The number of aliphatic hydroxyl groups excluding tert-OH is 4. The van der Waals surface area contributed by atoms with E-state index in [9.17, 15) is 20.1 Å². The fraction of sp³-hybridized carbons (Fsp3) is 0.385. The Hall–Kier alpha value is -2.20. The maximum Gasteiger partial charge on any atom is 0.437 e. The van der Waals surface area contributed by atoms with Gasteiger partial charge in [-0.15, -0.1) is 0 Å². The van der Waals surface area contributed by atoms with E-state index in [2.05, 4.69) is 15.3 Å². The third-order valence-electron chi connectivity index (χ3n) is 3.00. The van der Waals surface area contributed by atoms with Gasteiger partial charge in [-0.2, -0.15) is 0 Å². The lowest BCUT2D eigenvalue weighted by atomic mass is 10.00. The molecule has 1 aliphatic heterocycles. The minimum absolute atomic E-state index is 0.474. The van der Waals surface area contributed by atoms with Crippen molar-refractivity contribution in [2.75, 3.05) is 11.9 Å². The van der Waals surface area contributed by atoms with Crippen molar-refractivity contribution in [2.24, 2.45) is 5.16 Å². The van der Waals surface area contributed by atoms with Crippen LogP contribution in [0.1, 0.15) is 0 Å². The van der Waals surface area contributed by atoms with Crippen LogP contribution in [-0.2, 0) is 9.57 Å². The van der Waals surface area contributed by atoms with Crippen LogP contribution in [0, 0.1) is 0 Å². The number of amides is 1. The van der Waals surface area contributed by atoms with Gasteiger partial charge >= 0.3 is 6.09 Å². The van der Waals surface area contributed by atoms with Gasteiger partial charge in [-0.25, -0.2) is 4.79 Å². The number of ether oxygens (including phenoxy) is 1. The Bertz CT molecular complexity index is 534. The highest BCUT2D eigenvalue weighted by Crippen LogP contribution is 2.17. The Balaban J connectivity index is 1.98. The number of nitrogens with zero attached hydrogens (tertiary/aromatic N) is 1. The van der Waals surface area contributed by atoms with Crippen LogP contribution in [0.15, 0.2) is 35.5 Å². The van der Waals surface area contributed by atoms with Gasteiger partial charge in [-0.3, -0.25) is 10.2 Å². The molecule has 0 saturated carbocycles. The Morgan fingerprint density at radius 1 is 1.23 bits per heavy atom. The van der Waals surface area contributed by atoms with Crippen molar-refractivity contribution >= 4 is 17.7 Å². The number of para-hydroxylation sites is 1. The quantitative estimate of drug-likeness (QED) is 0.357. The number of hydrogen-bond acceptors (Lipinski definition) is 8. The molecule has 4 atom stereocenters. The molecule has 9 heteroatoms. The number of carbonyl (C=O) groups is 1.